The SMILES string of the molecule is CCCNCCn1ncc(N2CCOCC2)cc1=O. The van der Waals surface area contributed by atoms with E-state index < -0.39 is 0 Å². The lowest BCUT2D eigenvalue weighted by Crippen LogP contribution is -2.37. The van der Waals surface area contributed by atoms with Gasteiger partial charge in [0, 0.05) is 25.7 Å². The van der Waals surface area contributed by atoms with Crippen molar-refractivity contribution in [3.63, 3.8) is 0 Å². The number of morpholine rings is 1. The molecule has 1 aromatic heterocycles. The van der Waals surface area contributed by atoms with Gasteiger partial charge < -0.3 is 15.0 Å². The second kappa shape index (κ2) is 7.25. The van der Waals surface area contributed by atoms with E-state index in [-0.39, 0.29) is 5.56 Å². The second-order valence-corrected chi connectivity index (χ2v) is 4.62. The summed E-state index contributed by atoms with van der Waals surface area (Å²) in [5.41, 5.74) is 0.855. The number of anilines is 1. The Morgan fingerprint density at radius 1 is 1.37 bits per heavy atom. The Kier molecular flexibility index (Phi) is 5.35. The molecular weight excluding hydrogens is 244 g/mol. The molecule has 1 N–H and O–H groups in total. The Hall–Kier alpha value is -1.40. The van der Waals surface area contributed by atoms with Gasteiger partial charge in [0.05, 0.1) is 31.6 Å². The zero-order chi connectivity index (χ0) is 13.5. The lowest BCUT2D eigenvalue weighted by atomic mass is 10.3. The van der Waals surface area contributed by atoms with Gasteiger partial charge in [-0.1, -0.05) is 6.92 Å². The Morgan fingerprint density at radius 2 is 2.16 bits per heavy atom. The predicted molar refractivity (Wildman–Crippen MR) is 74.7 cm³/mol. The van der Waals surface area contributed by atoms with E-state index in [1.807, 2.05) is 0 Å². The van der Waals surface area contributed by atoms with Crippen LogP contribution in [0.15, 0.2) is 17.1 Å². The van der Waals surface area contributed by atoms with E-state index in [9.17, 15) is 4.79 Å². The highest BCUT2D eigenvalue weighted by Crippen LogP contribution is 2.11. The first kappa shape index (κ1) is 14.0. The fourth-order valence-electron chi connectivity index (χ4n) is 2.07. The van der Waals surface area contributed by atoms with Gasteiger partial charge in [-0.15, -0.1) is 0 Å². The molecule has 1 fully saturated rings. The number of nitrogens with one attached hydrogen (secondary N) is 1. The molecule has 1 saturated heterocycles. The highest BCUT2D eigenvalue weighted by atomic mass is 16.5. The van der Waals surface area contributed by atoms with Gasteiger partial charge in [0.1, 0.15) is 0 Å². The third-order valence-electron chi connectivity index (χ3n) is 3.16. The molecule has 2 rings (SSSR count). The van der Waals surface area contributed by atoms with Crippen molar-refractivity contribution in [2.24, 2.45) is 0 Å². The second-order valence-electron chi connectivity index (χ2n) is 4.62. The van der Waals surface area contributed by atoms with Gasteiger partial charge >= 0.3 is 0 Å². The fraction of sp³-hybridized carbons (Fsp3) is 0.692. The maximum atomic E-state index is 12.0. The normalized spacial score (nSPS) is 15.7. The molecule has 0 radical (unpaired) electrons. The molecular formula is C13H22N4O2. The molecule has 0 atom stereocenters. The summed E-state index contributed by atoms with van der Waals surface area (Å²) in [6.45, 7) is 7.55. The van der Waals surface area contributed by atoms with Crippen LogP contribution in [0.3, 0.4) is 0 Å². The van der Waals surface area contributed by atoms with Gasteiger partial charge in [-0.2, -0.15) is 5.10 Å². The van der Waals surface area contributed by atoms with E-state index in [4.69, 9.17) is 4.74 Å². The number of rotatable bonds is 6. The first-order valence-electron chi connectivity index (χ1n) is 6.92. The lowest BCUT2D eigenvalue weighted by Gasteiger charge is -2.28. The minimum Gasteiger partial charge on any atom is -0.378 e. The lowest BCUT2D eigenvalue weighted by molar-refractivity contribution is 0.122. The Bertz CT molecular complexity index is 441. The molecule has 0 spiro atoms. The molecule has 106 valence electrons. The van der Waals surface area contributed by atoms with Gasteiger partial charge in [0.2, 0.25) is 0 Å². The number of aromatic nitrogens is 2. The van der Waals surface area contributed by atoms with Gasteiger partial charge in [0.25, 0.3) is 5.56 Å². The maximum Gasteiger partial charge on any atom is 0.268 e. The third kappa shape index (κ3) is 4.04. The summed E-state index contributed by atoms with van der Waals surface area (Å²) in [4.78, 5) is 14.1. The molecule has 2 heterocycles. The van der Waals surface area contributed by atoms with Gasteiger partial charge in [-0.3, -0.25) is 4.79 Å². The van der Waals surface area contributed by atoms with Crippen molar-refractivity contribution in [2.45, 2.75) is 19.9 Å². The minimum absolute atomic E-state index is 0.0395. The van der Waals surface area contributed by atoms with Crippen LogP contribution in [0.5, 0.6) is 0 Å². The van der Waals surface area contributed by atoms with E-state index in [1.54, 1.807) is 12.3 Å². The highest BCUT2D eigenvalue weighted by molar-refractivity contribution is 5.43. The summed E-state index contributed by atoms with van der Waals surface area (Å²) in [6, 6.07) is 1.66. The third-order valence-corrected chi connectivity index (χ3v) is 3.16. The average Bonchev–Trinajstić information content (AvgIpc) is 2.46. The standard InChI is InChI=1S/C13H22N4O2/c1-2-3-14-4-5-17-13(18)10-12(11-15-17)16-6-8-19-9-7-16/h10-11,14H,2-9H2,1H3. The van der Waals surface area contributed by atoms with Crippen LogP contribution in [0.4, 0.5) is 5.69 Å². The topological polar surface area (TPSA) is 59.4 Å². The largest absolute Gasteiger partial charge is 0.378 e. The van der Waals surface area contributed by atoms with E-state index in [2.05, 4.69) is 22.2 Å². The Morgan fingerprint density at radius 3 is 2.84 bits per heavy atom. The minimum atomic E-state index is -0.0395. The smallest absolute Gasteiger partial charge is 0.268 e. The van der Waals surface area contributed by atoms with Crippen molar-refractivity contribution >= 4 is 5.69 Å². The van der Waals surface area contributed by atoms with E-state index >= 15 is 0 Å². The highest BCUT2D eigenvalue weighted by Gasteiger charge is 2.12. The molecule has 1 aliphatic heterocycles. The monoisotopic (exact) mass is 266 g/mol. The number of ether oxygens (including phenoxy) is 1. The number of nitrogens with zero attached hydrogens (tertiary/aromatic N) is 3. The van der Waals surface area contributed by atoms with Crippen molar-refractivity contribution in [3.8, 4) is 0 Å². The summed E-state index contributed by atoms with van der Waals surface area (Å²) < 4.78 is 6.80. The number of hydrogen-bond donors (Lipinski definition) is 1. The molecule has 0 amide bonds. The van der Waals surface area contributed by atoms with Crippen LogP contribution in [0.25, 0.3) is 0 Å². The van der Waals surface area contributed by atoms with Crippen LogP contribution in [-0.4, -0.2) is 49.2 Å². The number of hydrogen-bond acceptors (Lipinski definition) is 5. The molecule has 6 heteroatoms. The predicted octanol–water partition coefficient (Wildman–Crippen LogP) is 0.0795. The maximum absolute atomic E-state index is 12.0. The van der Waals surface area contributed by atoms with Crippen molar-refractivity contribution < 1.29 is 4.74 Å². The molecule has 1 aromatic rings. The van der Waals surface area contributed by atoms with Crippen LogP contribution in [0.1, 0.15) is 13.3 Å². The Balaban J connectivity index is 1.94. The van der Waals surface area contributed by atoms with Crippen LogP contribution in [0, 0.1) is 0 Å². The molecule has 0 unspecified atom stereocenters. The molecule has 0 aromatic carbocycles. The van der Waals surface area contributed by atoms with Crippen LogP contribution >= 0.6 is 0 Å². The molecule has 0 bridgehead atoms. The van der Waals surface area contributed by atoms with Gasteiger partial charge in [-0.05, 0) is 13.0 Å². The van der Waals surface area contributed by atoms with Crippen LogP contribution in [-0.2, 0) is 11.3 Å². The molecule has 0 aliphatic carbocycles. The van der Waals surface area contributed by atoms with Gasteiger partial charge in [0.15, 0.2) is 0 Å². The van der Waals surface area contributed by atoms with Crippen LogP contribution in [0.2, 0.25) is 0 Å². The fourth-order valence-corrected chi connectivity index (χ4v) is 2.07. The summed E-state index contributed by atoms with van der Waals surface area (Å²) in [5.74, 6) is 0. The zero-order valence-corrected chi connectivity index (χ0v) is 11.5. The van der Waals surface area contributed by atoms with E-state index in [1.165, 1.54) is 4.68 Å². The summed E-state index contributed by atoms with van der Waals surface area (Å²) in [6.07, 6.45) is 2.87. The van der Waals surface area contributed by atoms with Gasteiger partial charge in [-0.25, -0.2) is 4.68 Å². The average molecular weight is 266 g/mol. The summed E-state index contributed by atoms with van der Waals surface area (Å²) >= 11 is 0. The zero-order valence-electron chi connectivity index (χ0n) is 11.5. The van der Waals surface area contributed by atoms with E-state index in [0.717, 1.165) is 38.3 Å². The summed E-state index contributed by atoms with van der Waals surface area (Å²) in [5, 5.41) is 7.49. The molecule has 19 heavy (non-hydrogen) atoms. The first-order chi connectivity index (χ1) is 9.31. The first-order valence-corrected chi connectivity index (χ1v) is 6.92. The van der Waals surface area contributed by atoms with E-state index in [0.29, 0.717) is 19.8 Å². The van der Waals surface area contributed by atoms with Crippen molar-refractivity contribution in [2.75, 3.05) is 44.3 Å². The van der Waals surface area contributed by atoms with Crippen molar-refractivity contribution in [1.29, 1.82) is 0 Å². The molecule has 1 aliphatic rings. The van der Waals surface area contributed by atoms with Crippen LogP contribution < -0.4 is 15.8 Å². The summed E-state index contributed by atoms with van der Waals surface area (Å²) in [7, 11) is 0. The van der Waals surface area contributed by atoms with Crippen molar-refractivity contribution in [1.82, 2.24) is 15.1 Å². The quantitative estimate of drug-likeness (QED) is 0.739. The van der Waals surface area contributed by atoms with Crippen molar-refractivity contribution in [3.05, 3.63) is 22.6 Å². The Labute approximate surface area is 113 Å². The molecule has 0 saturated carbocycles. The molecule has 6 nitrogen and oxygen atoms in total.